The minimum Gasteiger partial charge on any atom is -0.497 e. The van der Waals surface area contributed by atoms with E-state index >= 15 is 0 Å². The number of benzene rings is 2. The number of nitrogens with one attached hydrogen (secondary N) is 4. The Bertz CT molecular complexity index is 906. The predicted octanol–water partition coefficient (Wildman–Crippen LogP) is 0.182. The lowest BCUT2D eigenvalue weighted by atomic mass is 10.3. The van der Waals surface area contributed by atoms with Crippen molar-refractivity contribution in [2.75, 3.05) is 44.4 Å². The van der Waals surface area contributed by atoms with Gasteiger partial charge in [-0.3, -0.25) is 14.4 Å². The molecule has 0 aliphatic carbocycles. The number of carbonyl (C=O) groups is 3. The van der Waals surface area contributed by atoms with Crippen molar-refractivity contribution in [3.8, 4) is 5.75 Å². The maximum absolute atomic E-state index is 13.1. The van der Waals surface area contributed by atoms with Crippen LogP contribution in [0.1, 0.15) is 0 Å². The quantitative estimate of drug-likeness (QED) is 0.464. The Hall–Kier alpha value is -3.53. The maximum Gasteiger partial charge on any atom is 0.279 e. The summed E-state index contributed by atoms with van der Waals surface area (Å²) in [5, 5.41) is 7.47. The molecule has 0 heterocycles. The molecule has 1 unspecified atom stereocenters. The van der Waals surface area contributed by atoms with Gasteiger partial charge in [0.15, 0.2) is 24.7 Å². The number of rotatable bonds is 9. The van der Waals surface area contributed by atoms with Gasteiger partial charge in [0, 0.05) is 17.4 Å². The minimum atomic E-state index is -1.09. The third-order valence-electron chi connectivity index (χ3n) is 3.95. The first-order chi connectivity index (χ1) is 14.3. The molecule has 0 bridgehead atoms. The van der Waals surface area contributed by atoms with Gasteiger partial charge in [-0.1, -0.05) is 0 Å². The molecule has 30 heavy (non-hydrogen) atoms. The third kappa shape index (κ3) is 7.47. The second kappa shape index (κ2) is 10.9. The van der Waals surface area contributed by atoms with E-state index < -0.39 is 23.4 Å². The number of amides is 3. The summed E-state index contributed by atoms with van der Waals surface area (Å²) in [4.78, 5) is 36.4. The normalized spacial score (nSPS) is 11.3. The summed E-state index contributed by atoms with van der Waals surface area (Å²) < 4.78 is 31.0. The van der Waals surface area contributed by atoms with Gasteiger partial charge in [-0.05, 0) is 36.4 Å². The molecule has 0 aliphatic rings. The third-order valence-corrected chi connectivity index (χ3v) is 3.95. The molecule has 1 atom stereocenters. The Balaban J connectivity index is 1.70. The van der Waals surface area contributed by atoms with Crippen molar-refractivity contribution in [2.45, 2.75) is 0 Å². The first kappa shape index (κ1) is 22.8. The van der Waals surface area contributed by atoms with Crippen LogP contribution in [0, 0.1) is 11.6 Å². The molecule has 2 aromatic carbocycles. The molecule has 0 fully saturated rings. The van der Waals surface area contributed by atoms with Gasteiger partial charge in [0.05, 0.1) is 20.7 Å². The van der Waals surface area contributed by atoms with Gasteiger partial charge in [-0.25, -0.2) is 8.78 Å². The van der Waals surface area contributed by atoms with Crippen LogP contribution in [0.25, 0.3) is 0 Å². The molecule has 0 aromatic heterocycles. The smallest absolute Gasteiger partial charge is 0.279 e. The van der Waals surface area contributed by atoms with Gasteiger partial charge in [-0.2, -0.15) is 0 Å². The Morgan fingerprint density at radius 3 is 2.10 bits per heavy atom. The molecule has 2 aromatic rings. The van der Waals surface area contributed by atoms with Crippen LogP contribution in [0.5, 0.6) is 5.75 Å². The fourth-order valence-corrected chi connectivity index (χ4v) is 2.51. The lowest BCUT2D eigenvalue weighted by molar-refractivity contribution is -0.862. The van der Waals surface area contributed by atoms with Crippen molar-refractivity contribution >= 4 is 29.1 Å². The Kier molecular flexibility index (Phi) is 8.24. The summed E-state index contributed by atoms with van der Waals surface area (Å²) in [6, 6.07) is 9.76. The van der Waals surface area contributed by atoms with E-state index in [1.807, 2.05) is 0 Å². The highest BCUT2D eigenvalue weighted by atomic mass is 19.2. The Morgan fingerprint density at radius 1 is 0.867 bits per heavy atom. The van der Waals surface area contributed by atoms with E-state index in [2.05, 4.69) is 16.0 Å². The number of carbonyl (C=O) groups excluding carboxylic acids is 3. The summed E-state index contributed by atoms with van der Waals surface area (Å²) in [5.41, 5.74) is 0.679. The number of quaternary nitrogens is 1. The lowest BCUT2D eigenvalue weighted by Crippen LogP contribution is -3.11. The molecule has 0 saturated carbocycles. The molecule has 160 valence electrons. The van der Waals surface area contributed by atoms with Crippen LogP contribution < -0.4 is 25.6 Å². The van der Waals surface area contributed by atoms with Crippen LogP contribution in [-0.2, 0) is 14.4 Å². The number of hydrogen-bond acceptors (Lipinski definition) is 4. The van der Waals surface area contributed by atoms with E-state index in [9.17, 15) is 23.2 Å². The highest BCUT2D eigenvalue weighted by molar-refractivity contribution is 5.94. The first-order valence-electron chi connectivity index (χ1n) is 9.03. The monoisotopic (exact) mass is 421 g/mol. The highest BCUT2D eigenvalue weighted by Crippen LogP contribution is 2.14. The van der Waals surface area contributed by atoms with Gasteiger partial charge in [0.2, 0.25) is 5.91 Å². The van der Waals surface area contributed by atoms with Crippen LogP contribution in [0.4, 0.5) is 20.2 Å². The molecule has 8 nitrogen and oxygen atoms in total. The average Bonchev–Trinajstić information content (AvgIpc) is 2.69. The summed E-state index contributed by atoms with van der Waals surface area (Å²) >= 11 is 0. The first-order valence-corrected chi connectivity index (χ1v) is 9.03. The van der Waals surface area contributed by atoms with E-state index in [1.54, 1.807) is 38.4 Å². The zero-order valence-corrected chi connectivity index (χ0v) is 16.6. The molecular weight excluding hydrogens is 398 g/mol. The van der Waals surface area contributed by atoms with Crippen LogP contribution in [-0.4, -0.2) is 51.5 Å². The van der Waals surface area contributed by atoms with E-state index in [4.69, 9.17) is 4.74 Å². The highest BCUT2D eigenvalue weighted by Gasteiger charge is 2.15. The van der Waals surface area contributed by atoms with Gasteiger partial charge in [0.1, 0.15) is 5.75 Å². The molecule has 0 spiro atoms. The number of hydrogen-bond donors (Lipinski definition) is 4. The maximum atomic E-state index is 13.1. The summed E-state index contributed by atoms with van der Waals surface area (Å²) in [5.74, 6) is -2.75. The summed E-state index contributed by atoms with van der Waals surface area (Å²) in [6.07, 6.45) is 0. The van der Waals surface area contributed by atoms with Crippen LogP contribution in [0.2, 0.25) is 0 Å². The molecule has 10 heteroatoms. The van der Waals surface area contributed by atoms with Crippen LogP contribution in [0.3, 0.4) is 0 Å². The van der Waals surface area contributed by atoms with Gasteiger partial charge in [-0.15, -0.1) is 0 Å². The van der Waals surface area contributed by atoms with Crippen molar-refractivity contribution in [1.82, 2.24) is 5.32 Å². The van der Waals surface area contributed by atoms with Gasteiger partial charge in [0.25, 0.3) is 11.8 Å². The van der Waals surface area contributed by atoms with Crippen LogP contribution >= 0.6 is 0 Å². The van der Waals surface area contributed by atoms with Crippen LogP contribution in [0.15, 0.2) is 42.5 Å². The van der Waals surface area contributed by atoms with Crippen molar-refractivity contribution in [3.05, 3.63) is 54.1 Å². The average molecular weight is 421 g/mol. The Labute approximate surface area is 172 Å². The Morgan fingerprint density at radius 2 is 1.47 bits per heavy atom. The molecule has 4 N–H and O–H groups in total. The SMILES string of the molecule is COc1ccc(NC(=O)C[NH+](C)CC(=O)NCC(=O)Nc2ccc(F)c(F)c2)cc1. The van der Waals surface area contributed by atoms with E-state index in [1.165, 1.54) is 6.07 Å². The van der Waals surface area contributed by atoms with Crippen molar-refractivity contribution in [1.29, 1.82) is 0 Å². The molecule has 3 amide bonds. The molecule has 0 saturated heterocycles. The molecule has 2 rings (SSSR count). The number of anilines is 2. The molecular formula is C20H23F2N4O4+. The van der Waals surface area contributed by atoms with Gasteiger partial charge < -0.3 is 25.6 Å². The van der Waals surface area contributed by atoms with Crippen molar-refractivity contribution < 1.29 is 32.8 Å². The largest absolute Gasteiger partial charge is 0.497 e. The number of halogens is 2. The number of ether oxygens (including phenoxy) is 1. The second-order valence-electron chi connectivity index (χ2n) is 6.54. The fraction of sp³-hybridized carbons (Fsp3) is 0.250. The minimum absolute atomic E-state index is 0.0332. The number of likely N-dealkylation sites (N-methyl/N-ethyl adjacent to an activating group) is 1. The van der Waals surface area contributed by atoms with E-state index in [-0.39, 0.29) is 31.2 Å². The fourth-order valence-electron chi connectivity index (χ4n) is 2.51. The number of methoxy groups -OCH3 is 1. The molecule has 0 radical (unpaired) electrons. The summed E-state index contributed by atoms with van der Waals surface area (Å²) in [7, 11) is 3.21. The van der Waals surface area contributed by atoms with Crippen molar-refractivity contribution in [3.63, 3.8) is 0 Å². The van der Waals surface area contributed by atoms with E-state index in [0.717, 1.165) is 12.1 Å². The zero-order chi connectivity index (χ0) is 22.1. The lowest BCUT2D eigenvalue weighted by Gasteiger charge is -2.14. The standard InChI is InChI=1S/C20H22F2N4O4/c1-26(12-20(29)24-13-3-6-15(30-2)7-4-13)11-19(28)23-10-18(27)25-14-5-8-16(21)17(22)9-14/h3-9H,10-12H2,1-2H3,(H,23,28)(H,24,29)(H,25,27)/p+1. The zero-order valence-electron chi connectivity index (χ0n) is 16.6. The van der Waals surface area contributed by atoms with Crippen molar-refractivity contribution in [2.24, 2.45) is 0 Å². The molecule has 0 aliphatic heterocycles. The predicted molar refractivity (Wildman–Crippen MR) is 106 cm³/mol. The topological polar surface area (TPSA) is 101 Å². The summed E-state index contributed by atoms with van der Waals surface area (Å²) in [6.45, 7) is -0.335. The van der Waals surface area contributed by atoms with Gasteiger partial charge >= 0.3 is 0 Å². The van der Waals surface area contributed by atoms with E-state index in [0.29, 0.717) is 16.3 Å². The second-order valence-corrected chi connectivity index (χ2v) is 6.54.